The van der Waals surface area contributed by atoms with E-state index in [1.807, 2.05) is 0 Å². The van der Waals surface area contributed by atoms with E-state index >= 15 is 0 Å². The molecule has 0 fully saturated rings. The van der Waals surface area contributed by atoms with E-state index in [1.54, 1.807) is 13.8 Å². The van der Waals surface area contributed by atoms with E-state index in [0.29, 0.717) is 0 Å². The number of carbonyl (C=O) groups is 1. The van der Waals surface area contributed by atoms with Crippen LogP contribution in [0.1, 0.15) is 13.8 Å². The van der Waals surface area contributed by atoms with E-state index in [-0.39, 0.29) is 25.7 Å². The first-order valence-electron chi connectivity index (χ1n) is 1.87. The summed E-state index contributed by atoms with van der Waals surface area (Å²) in [5, 5.41) is 7.99. The Labute approximate surface area is 56.0 Å². The van der Waals surface area contributed by atoms with Crippen LogP contribution in [0.2, 0.25) is 0 Å². The van der Waals surface area contributed by atoms with Crippen LogP contribution in [0.25, 0.3) is 0 Å². The van der Waals surface area contributed by atoms with Crippen molar-refractivity contribution < 1.29 is 9.90 Å². The molecule has 0 aromatic heterocycles. The van der Waals surface area contributed by atoms with Gasteiger partial charge in [-0.3, -0.25) is 4.79 Å². The molecule has 42 valence electrons. The summed E-state index contributed by atoms with van der Waals surface area (Å²) in [6.45, 7) is 3.28. The average Bonchev–Trinajstić information content (AvgIpc) is 1.36. The summed E-state index contributed by atoms with van der Waals surface area (Å²) in [5.74, 6) is -0.972. The van der Waals surface area contributed by atoms with E-state index in [1.165, 1.54) is 0 Å². The summed E-state index contributed by atoms with van der Waals surface area (Å²) in [4.78, 5) is 9.70. The Hall–Kier alpha value is 0.106. The molecular formula is C4H11GaO2. The SMILES string of the molecule is CC(C)C(=O)O.[GaH3]. The van der Waals surface area contributed by atoms with Gasteiger partial charge in [-0.15, -0.1) is 0 Å². The van der Waals surface area contributed by atoms with Crippen molar-refractivity contribution in [2.24, 2.45) is 5.92 Å². The van der Waals surface area contributed by atoms with E-state index in [9.17, 15) is 4.79 Å². The van der Waals surface area contributed by atoms with Crippen LogP contribution in [0.15, 0.2) is 0 Å². The number of hydrogen-bond acceptors (Lipinski definition) is 1. The molecule has 0 atom stereocenters. The predicted molar refractivity (Wildman–Crippen MR) is 32.4 cm³/mol. The Balaban J connectivity index is 0. The maximum atomic E-state index is 9.70. The topological polar surface area (TPSA) is 37.3 Å². The summed E-state index contributed by atoms with van der Waals surface area (Å²) in [6.07, 6.45) is 0. The second-order valence-electron chi connectivity index (χ2n) is 1.49. The third-order valence-electron chi connectivity index (χ3n) is 0.494. The monoisotopic (exact) mass is 160 g/mol. The van der Waals surface area contributed by atoms with Gasteiger partial charge in [0.1, 0.15) is 0 Å². The first-order valence-corrected chi connectivity index (χ1v) is 1.87. The average molecular weight is 161 g/mol. The van der Waals surface area contributed by atoms with Crippen LogP contribution in [0.4, 0.5) is 0 Å². The van der Waals surface area contributed by atoms with Crippen molar-refractivity contribution in [1.82, 2.24) is 0 Å². The van der Waals surface area contributed by atoms with Crippen molar-refractivity contribution in [3.63, 3.8) is 0 Å². The molecule has 0 bridgehead atoms. The molecule has 2 nitrogen and oxygen atoms in total. The number of aliphatic carboxylic acids is 1. The van der Waals surface area contributed by atoms with E-state index < -0.39 is 5.97 Å². The van der Waals surface area contributed by atoms with E-state index in [2.05, 4.69) is 0 Å². The standard InChI is InChI=1S/C4H8O2.Ga.3H/c1-3(2)4(5)6;;;;/h3H,1-2H3,(H,5,6);;;;. The van der Waals surface area contributed by atoms with Gasteiger partial charge in [-0.2, -0.15) is 0 Å². The van der Waals surface area contributed by atoms with Crippen LogP contribution in [0, 0.1) is 5.92 Å². The molecule has 0 amide bonds. The molecule has 0 aromatic rings. The molecule has 0 aliphatic heterocycles. The molecule has 0 aromatic carbocycles. The van der Waals surface area contributed by atoms with Crippen molar-refractivity contribution in [3.05, 3.63) is 0 Å². The first-order chi connectivity index (χ1) is 2.64. The van der Waals surface area contributed by atoms with Crippen LogP contribution in [-0.2, 0) is 4.79 Å². The minimum atomic E-state index is -0.741. The Morgan fingerprint density at radius 3 is 1.71 bits per heavy atom. The van der Waals surface area contributed by atoms with Crippen molar-refractivity contribution in [3.8, 4) is 0 Å². The Kier molecular flexibility index (Phi) is 6.20. The van der Waals surface area contributed by atoms with Gasteiger partial charge in [0.25, 0.3) is 0 Å². The third-order valence-corrected chi connectivity index (χ3v) is 0.494. The number of carboxylic acid groups (broad SMARTS) is 1. The second-order valence-corrected chi connectivity index (χ2v) is 1.49. The molecule has 0 aliphatic carbocycles. The van der Waals surface area contributed by atoms with Crippen LogP contribution < -0.4 is 0 Å². The normalized spacial score (nSPS) is 7.86. The predicted octanol–water partition coefficient (Wildman–Crippen LogP) is -0.457. The van der Waals surface area contributed by atoms with Gasteiger partial charge < -0.3 is 5.11 Å². The van der Waals surface area contributed by atoms with E-state index in [0.717, 1.165) is 0 Å². The summed E-state index contributed by atoms with van der Waals surface area (Å²) in [7, 11) is 0. The van der Waals surface area contributed by atoms with E-state index in [4.69, 9.17) is 5.11 Å². The molecule has 0 heterocycles. The van der Waals surface area contributed by atoms with Gasteiger partial charge in [-0.05, 0) is 0 Å². The van der Waals surface area contributed by atoms with Crippen molar-refractivity contribution in [2.75, 3.05) is 0 Å². The molecule has 0 aliphatic rings. The van der Waals surface area contributed by atoms with Gasteiger partial charge in [0.05, 0.1) is 5.92 Å². The Morgan fingerprint density at radius 2 is 1.71 bits per heavy atom. The molecular weight excluding hydrogens is 150 g/mol. The van der Waals surface area contributed by atoms with Crippen LogP contribution in [-0.4, -0.2) is 30.9 Å². The zero-order chi connectivity index (χ0) is 5.15. The number of carboxylic acids is 1. The van der Waals surface area contributed by atoms with Gasteiger partial charge >= 0.3 is 25.8 Å². The van der Waals surface area contributed by atoms with Gasteiger partial charge in [0, 0.05) is 0 Å². The van der Waals surface area contributed by atoms with Crippen molar-refractivity contribution in [2.45, 2.75) is 13.8 Å². The molecule has 0 radical (unpaired) electrons. The van der Waals surface area contributed by atoms with Crippen molar-refractivity contribution >= 4 is 25.8 Å². The zero-order valence-corrected chi connectivity index (χ0v) is 3.93. The minimum absolute atomic E-state index is 0. The molecule has 0 rings (SSSR count). The summed E-state index contributed by atoms with van der Waals surface area (Å²) in [5.41, 5.74) is 0. The zero-order valence-electron chi connectivity index (χ0n) is 3.93. The Bertz CT molecular complexity index is 60.7. The van der Waals surface area contributed by atoms with Crippen LogP contribution in [0.5, 0.6) is 0 Å². The molecule has 0 unspecified atom stereocenters. The molecule has 1 N–H and O–H groups in total. The van der Waals surface area contributed by atoms with Gasteiger partial charge in [0.2, 0.25) is 0 Å². The summed E-state index contributed by atoms with van der Waals surface area (Å²) >= 11 is 0. The molecule has 3 heteroatoms. The number of rotatable bonds is 1. The molecule has 0 spiro atoms. The summed E-state index contributed by atoms with van der Waals surface area (Å²) < 4.78 is 0. The van der Waals surface area contributed by atoms with Gasteiger partial charge in [-0.25, -0.2) is 0 Å². The fourth-order valence-corrected chi connectivity index (χ4v) is 0. The van der Waals surface area contributed by atoms with Crippen LogP contribution >= 0.6 is 0 Å². The fourth-order valence-electron chi connectivity index (χ4n) is 0. The maximum absolute atomic E-state index is 9.70. The second kappa shape index (κ2) is 4.27. The quantitative estimate of drug-likeness (QED) is 0.528. The molecule has 7 heavy (non-hydrogen) atoms. The fraction of sp³-hybridized carbons (Fsp3) is 0.750. The Morgan fingerprint density at radius 1 is 1.57 bits per heavy atom. The first kappa shape index (κ1) is 10.2. The van der Waals surface area contributed by atoms with Crippen molar-refractivity contribution in [1.29, 1.82) is 0 Å². The van der Waals surface area contributed by atoms with Gasteiger partial charge in [-0.1, -0.05) is 13.8 Å². The molecule has 0 saturated heterocycles. The van der Waals surface area contributed by atoms with Crippen LogP contribution in [0.3, 0.4) is 0 Å². The third kappa shape index (κ3) is 6.11. The van der Waals surface area contributed by atoms with Gasteiger partial charge in [0.15, 0.2) is 0 Å². The number of hydrogen-bond donors (Lipinski definition) is 1. The molecule has 0 saturated carbocycles. The summed E-state index contributed by atoms with van der Waals surface area (Å²) in [6, 6.07) is 0.